The van der Waals surface area contributed by atoms with Crippen molar-refractivity contribution in [2.24, 2.45) is 11.7 Å². The van der Waals surface area contributed by atoms with E-state index in [0.29, 0.717) is 17.1 Å². The second-order valence-corrected chi connectivity index (χ2v) is 6.87. The SMILES string of the molecule is CC(C)CNS(=O)(=O)c1cc(CN)c(Cl)cc1Cl. The van der Waals surface area contributed by atoms with Crippen LogP contribution in [-0.4, -0.2) is 15.0 Å². The van der Waals surface area contributed by atoms with Gasteiger partial charge in [-0.25, -0.2) is 13.1 Å². The molecule has 1 rings (SSSR count). The maximum Gasteiger partial charge on any atom is 0.242 e. The van der Waals surface area contributed by atoms with Crippen LogP contribution in [0.3, 0.4) is 0 Å². The number of sulfonamides is 1. The molecule has 0 amide bonds. The maximum absolute atomic E-state index is 12.1. The van der Waals surface area contributed by atoms with Crippen LogP contribution in [0.15, 0.2) is 17.0 Å². The van der Waals surface area contributed by atoms with E-state index in [2.05, 4.69) is 4.72 Å². The van der Waals surface area contributed by atoms with E-state index in [9.17, 15) is 8.42 Å². The average Bonchev–Trinajstić information content (AvgIpc) is 2.26. The topological polar surface area (TPSA) is 72.2 Å². The molecular weight excluding hydrogens is 295 g/mol. The molecule has 0 radical (unpaired) electrons. The molecule has 0 aromatic heterocycles. The Morgan fingerprint density at radius 3 is 2.39 bits per heavy atom. The Morgan fingerprint density at radius 1 is 1.28 bits per heavy atom. The van der Waals surface area contributed by atoms with Crippen molar-refractivity contribution in [2.45, 2.75) is 25.3 Å². The lowest BCUT2D eigenvalue weighted by Crippen LogP contribution is -2.28. The van der Waals surface area contributed by atoms with Crippen molar-refractivity contribution in [2.75, 3.05) is 6.54 Å². The van der Waals surface area contributed by atoms with Gasteiger partial charge in [-0.3, -0.25) is 0 Å². The Bertz CT molecular complexity index is 530. The highest BCUT2D eigenvalue weighted by Gasteiger charge is 2.19. The molecule has 1 aromatic carbocycles. The molecule has 0 bridgehead atoms. The van der Waals surface area contributed by atoms with Gasteiger partial charge in [0.15, 0.2) is 0 Å². The summed E-state index contributed by atoms with van der Waals surface area (Å²) in [4.78, 5) is 0.00895. The van der Waals surface area contributed by atoms with E-state index in [1.165, 1.54) is 12.1 Å². The van der Waals surface area contributed by atoms with Crippen molar-refractivity contribution in [1.29, 1.82) is 0 Å². The third kappa shape index (κ3) is 3.83. The molecule has 0 heterocycles. The van der Waals surface area contributed by atoms with Crippen molar-refractivity contribution in [3.63, 3.8) is 0 Å². The zero-order chi connectivity index (χ0) is 13.9. The zero-order valence-electron chi connectivity index (χ0n) is 10.2. The van der Waals surface area contributed by atoms with Crippen LogP contribution in [0.5, 0.6) is 0 Å². The Morgan fingerprint density at radius 2 is 1.89 bits per heavy atom. The number of benzene rings is 1. The van der Waals surface area contributed by atoms with Crippen LogP contribution < -0.4 is 10.5 Å². The fourth-order valence-electron chi connectivity index (χ4n) is 1.29. The molecule has 0 atom stereocenters. The highest BCUT2D eigenvalue weighted by atomic mass is 35.5. The van der Waals surface area contributed by atoms with Gasteiger partial charge in [-0.05, 0) is 23.6 Å². The summed E-state index contributed by atoms with van der Waals surface area (Å²) >= 11 is 11.8. The fraction of sp³-hybridized carbons (Fsp3) is 0.455. The minimum absolute atomic E-state index is 0.00895. The van der Waals surface area contributed by atoms with Crippen LogP contribution in [0, 0.1) is 5.92 Å². The monoisotopic (exact) mass is 310 g/mol. The smallest absolute Gasteiger partial charge is 0.242 e. The first kappa shape index (κ1) is 15.7. The summed E-state index contributed by atoms with van der Waals surface area (Å²) in [6.45, 7) is 4.33. The van der Waals surface area contributed by atoms with E-state index >= 15 is 0 Å². The quantitative estimate of drug-likeness (QED) is 0.877. The summed E-state index contributed by atoms with van der Waals surface area (Å²) in [5.41, 5.74) is 6.04. The fourth-order valence-corrected chi connectivity index (χ4v) is 3.37. The lowest BCUT2D eigenvalue weighted by atomic mass is 10.2. The predicted molar refractivity (Wildman–Crippen MR) is 74.4 cm³/mol. The van der Waals surface area contributed by atoms with Gasteiger partial charge in [0.05, 0.1) is 5.02 Å². The number of nitrogens with two attached hydrogens (primary N) is 1. The largest absolute Gasteiger partial charge is 0.326 e. The molecule has 4 nitrogen and oxygen atoms in total. The summed E-state index contributed by atoms with van der Waals surface area (Å²) in [5, 5.41) is 0.457. The first-order valence-corrected chi connectivity index (χ1v) is 7.69. The van der Waals surface area contributed by atoms with Gasteiger partial charge in [0.2, 0.25) is 10.0 Å². The molecule has 0 aliphatic heterocycles. The van der Waals surface area contributed by atoms with Gasteiger partial charge in [0, 0.05) is 18.1 Å². The highest BCUT2D eigenvalue weighted by Crippen LogP contribution is 2.28. The van der Waals surface area contributed by atoms with Crippen molar-refractivity contribution in [3.8, 4) is 0 Å². The molecule has 0 aliphatic rings. The molecular formula is C11H16Cl2N2O2S. The van der Waals surface area contributed by atoms with Crippen molar-refractivity contribution < 1.29 is 8.42 Å². The Labute approximate surface area is 118 Å². The summed E-state index contributed by atoms with van der Waals surface area (Å²) in [7, 11) is -3.63. The minimum Gasteiger partial charge on any atom is -0.326 e. The lowest BCUT2D eigenvalue weighted by Gasteiger charge is -2.12. The normalized spacial score (nSPS) is 12.1. The van der Waals surface area contributed by atoms with Gasteiger partial charge in [0.25, 0.3) is 0 Å². The Kier molecular flexibility index (Phi) is 5.43. The van der Waals surface area contributed by atoms with Crippen LogP contribution in [0.1, 0.15) is 19.4 Å². The maximum atomic E-state index is 12.1. The molecule has 3 N–H and O–H groups in total. The molecule has 0 unspecified atom stereocenters. The number of rotatable bonds is 5. The summed E-state index contributed by atoms with van der Waals surface area (Å²) in [6, 6.07) is 2.81. The number of halogens is 2. The first-order chi connectivity index (χ1) is 8.27. The van der Waals surface area contributed by atoms with Crippen molar-refractivity contribution in [1.82, 2.24) is 4.72 Å². The second-order valence-electron chi connectivity index (χ2n) is 4.32. The lowest BCUT2D eigenvalue weighted by molar-refractivity contribution is 0.560. The highest BCUT2D eigenvalue weighted by molar-refractivity contribution is 7.89. The molecule has 0 saturated heterocycles. The molecule has 0 saturated carbocycles. The Hall–Kier alpha value is -0.330. The van der Waals surface area contributed by atoms with E-state index in [-0.39, 0.29) is 22.4 Å². The van der Waals surface area contributed by atoms with E-state index in [4.69, 9.17) is 28.9 Å². The number of hydrogen-bond acceptors (Lipinski definition) is 3. The van der Waals surface area contributed by atoms with Crippen LogP contribution in [0.4, 0.5) is 0 Å². The van der Waals surface area contributed by atoms with Crippen LogP contribution in [0.2, 0.25) is 10.0 Å². The summed E-state index contributed by atoms with van der Waals surface area (Å²) in [5.74, 6) is 0.208. The van der Waals surface area contributed by atoms with Gasteiger partial charge in [-0.15, -0.1) is 0 Å². The van der Waals surface area contributed by atoms with Crippen LogP contribution in [0.25, 0.3) is 0 Å². The zero-order valence-corrected chi connectivity index (χ0v) is 12.5. The summed E-state index contributed by atoms with van der Waals surface area (Å²) in [6.07, 6.45) is 0. The number of nitrogens with one attached hydrogen (secondary N) is 1. The average molecular weight is 311 g/mol. The van der Waals surface area contributed by atoms with E-state index in [1.54, 1.807) is 0 Å². The third-order valence-electron chi connectivity index (χ3n) is 2.29. The molecule has 1 aromatic rings. The Balaban J connectivity index is 3.16. The van der Waals surface area contributed by atoms with Crippen LogP contribution >= 0.6 is 23.2 Å². The van der Waals surface area contributed by atoms with Gasteiger partial charge >= 0.3 is 0 Å². The standard InChI is InChI=1S/C11H16Cl2N2O2S/c1-7(2)6-15-18(16,17)11-3-8(5-14)9(12)4-10(11)13/h3-4,7,15H,5-6,14H2,1-2H3. The van der Waals surface area contributed by atoms with Crippen LogP contribution in [-0.2, 0) is 16.6 Å². The van der Waals surface area contributed by atoms with Gasteiger partial charge in [-0.1, -0.05) is 37.0 Å². The van der Waals surface area contributed by atoms with Gasteiger partial charge in [0.1, 0.15) is 4.90 Å². The van der Waals surface area contributed by atoms with E-state index in [0.717, 1.165) is 0 Å². The van der Waals surface area contributed by atoms with Gasteiger partial charge in [-0.2, -0.15) is 0 Å². The third-order valence-corrected chi connectivity index (χ3v) is 4.53. The molecule has 7 heteroatoms. The summed E-state index contributed by atoms with van der Waals surface area (Å²) < 4.78 is 26.6. The molecule has 0 spiro atoms. The van der Waals surface area contributed by atoms with E-state index < -0.39 is 10.0 Å². The molecule has 0 aliphatic carbocycles. The van der Waals surface area contributed by atoms with Crippen molar-refractivity contribution in [3.05, 3.63) is 27.7 Å². The minimum atomic E-state index is -3.63. The molecule has 18 heavy (non-hydrogen) atoms. The van der Waals surface area contributed by atoms with E-state index in [1.807, 2.05) is 13.8 Å². The predicted octanol–water partition coefficient (Wildman–Crippen LogP) is 2.39. The molecule has 102 valence electrons. The van der Waals surface area contributed by atoms with Gasteiger partial charge < -0.3 is 5.73 Å². The molecule has 0 fully saturated rings. The number of hydrogen-bond donors (Lipinski definition) is 2. The first-order valence-electron chi connectivity index (χ1n) is 5.45. The van der Waals surface area contributed by atoms with Crippen molar-refractivity contribution >= 4 is 33.2 Å². The second kappa shape index (κ2) is 6.21.